The number of nitrogens with zero attached hydrogens (tertiary/aromatic N) is 2. The third-order valence-electron chi connectivity index (χ3n) is 3.56. The van der Waals surface area contributed by atoms with Gasteiger partial charge in [0.15, 0.2) is 0 Å². The van der Waals surface area contributed by atoms with Crippen LogP contribution >= 0.6 is 0 Å². The summed E-state index contributed by atoms with van der Waals surface area (Å²) in [5.74, 6) is -0.814. The molecule has 7 heteroatoms. The van der Waals surface area contributed by atoms with Crippen molar-refractivity contribution in [3.8, 4) is 0 Å². The molecular formula is C19H24N4O3. The van der Waals surface area contributed by atoms with E-state index in [4.69, 9.17) is 4.74 Å². The van der Waals surface area contributed by atoms with Crippen LogP contribution in [0.4, 0.5) is 11.4 Å². The van der Waals surface area contributed by atoms with Gasteiger partial charge in [-0.05, 0) is 39.2 Å². The number of carbonyl (C=O) groups excluding carboxylic acids is 2. The zero-order valence-electron chi connectivity index (χ0n) is 15.3. The summed E-state index contributed by atoms with van der Waals surface area (Å²) in [6, 6.07) is 8.47. The molecule has 0 unspecified atom stereocenters. The fourth-order valence-electron chi connectivity index (χ4n) is 2.26. The van der Waals surface area contributed by atoms with E-state index in [9.17, 15) is 9.59 Å². The maximum absolute atomic E-state index is 12.5. The molecule has 0 atom stereocenters. The maximum atomic E-state index is 12.5. The lowest BCUT2D eigenvalue weighted by Gasteiger charge is -2.12. The first-order chi connectivity index (χ1) is 12.5. The molecule has 0 aliphatic heterocycles. The Hall–Kier alpha value is -2.93. The maximum Gasteiger partial charge on any atom is 0.340 e. The normalized spacial score (nSPS) is 10.5. The summed E-state index contributed by atoms with van der Waals surface area (Å²) in [5.41, 5.74) is 1.88. The van der Waals surface area contributed by atoms with E-state index in [0.717, 1.165) is 18.8 Å². The molecule has 0 radical (unpaired) electrons. The molecule has 2 N–H and O–H groups in total. The number of pyridine rings is 1. The smallest absolute Gasteiger partial charge is 0.340 e. The van der Waals surface area contributed by atoms with E-state index in [0.29, 0.717) is 16.8 Å². The summed E-state index contributed by atoms with van der Waals surface area (Å²) >= 11 is 0. The third kappa shape index (κ3) is 5.56. The number of esters is 1. The van der Waals surface area contributed by atoms with Gasteiger partial charge in [-0.25, -0.2) is 4.79 Å². The quantitative estimate of drug-likeness (QED) is 0.707. The number of ether oxygens (including phenoxy) is 1. The second-order valence-corrected chi connectivity index (χ2v) is 5.91. The first-order valence-corrected chi connectivity index (χ1v) is 8.42. The highest BCUT2D eigenvalue weighted by Gasteiger charge is 2.15. The van der Waals surface area contributed by atoms with Crippen molar-refractivity contribution in [2.45, 2.75) is 6.92 Å². The Morgan fingerprint density at radius 1 is 1.19 bits per heavy atom. The molecule has 2 aromatic rings. The minimum atomic E-state index is -0.472. The van der Waals surface area contributed by atoms with Crippen molar-refractivity contribution in [2.24, 2.45) is 0 Å². The first-order valence-electron chi connectivity index (χ1n) is 8.42. The number of hydrogen-bond donors (Lipinski definition) is 2. The predicted octanol–water partition coefficient (Wildman–Crippen LogP) is 2.48. The van der Waals surface area contributed by atoms with Gasteiger partial charge >= 0.3 is 5.97 Å². The highest BCUT2D eigenvalue weighted by atomic mass is 16.5. The monoisotopic (exact) mass is 356 g/mol. The van der Waals surface area contributed by atoms with Crippen molar-refractivity contribution in [3.05, 3.63) is 53.9 Å². The predicted molar refractivity (Wildman–Crippen MR) is 102 cm³/mol. The summed E-state index contributed by atoms with van der Waals surface area (Å²) < 4.78 is 5.02. The van der Waals surface area contributed by atoms with Crippen molar-refractivity contribution in [3.63, 3.8) is 0 Å². The Morgan fingerprint density at radius 2 is 1.96 bits per heavy atom. The fraction of sp³-hybridized carbons (Fsp3) is 0.316. The van der Waals surface area contributed by atoms with Gasteiger partial charge in [-0.1, -0.05) is 12.1 Å². The molecule has 0 aliphatic carbocycles. The number of carbonyl (C=O) groups is 2. The lowest BCUT2D eigenvalue weighted by Crippen LogP contribution is -2.21. The number of rotatable bonds is 8. The third-order valence-corrected chi connectivity index (χ3v) is 3.56. The molecule has 1 amide bonds. The highest BCUT2D eigenvalue weighted by molar-refractivity contribution is 6.08. The van der Waals surface area contributed by atoms with Gasteiger partial charge in [0.05, 0.1) is 29.1 Å². The fourth-order valence-corrected chi connectivity index (χ4v) is 2.26. The summed E-state index contributed by atoms with van der Waals surface area (Å²) in [4.78, 5) is 30.7. The molecule has 0 saturated carbocycles. The molecule has 138 valence electrons. The van der Waals surface area contributed by atoms with E-state index >= 15 is 0 Å². The van der Waals surface area contributed by atoms with Gasteiger partial charge in [0.1, 0.15) is 0 Å². The number of para-hydroxylation sites is 1. The Morgan fingerprint density at radius 3 is 2.69 bits per heavy atom. The van der Waals surface area contributed by atoms with E-state index in [2.05, 4.69) is 20.5 Å². The molecule has 7 nitrogen and oxygen atoms in total. The van der Waals surface area contributed by atoms with Gasteiger partial charge in [0.2, 0.25) is 0 Å². The van der Waals surface area contributed by atoms with Crippen LogP contribution in [-0.4, -0.2) is 55.6 Å². The minimum Gasteiger partial charge on any atom is -0.462 e. The van der Waals surface area contributed by atoms with Crippen LogP contribution in [-0.2, 0) is 4.74 Å². The molecule has 2 rings (SSSR count). The molecule has 0 bridgehead atoms. The van der Waals surface area contributed by atoms with Gasteiger partial charge < -0.3 is 20.3 Å². The SMILES string of the molecule is CCOC(=O)c1ccccc1NC(=O)c1cncc(NCCN(C)C)c1. The lowest BCUT2D eigenvalue weighted by atomic mass is 10.1. The average Bonchev–Trinajstić information content (AvgIpc) is 2.62. The average molecular weight is 356 g/mol. The number of likely N-dealkylation sites (N-methyl/N-ethyl adjacent to an activating group) is 1. The number of aromatic nitrogens is 1. The summed E-state index contributed by atoms with van der Waals surface area (Å²) in [7, 11) is 3.98. The van der Waals surface area contributed by atoms with Gasteiger partial charge in [0.25, 0.3) is 5.91 Å². The van der Waals surface area contributed by atoms with E-state index in [1.165, 1.54) is 6.20 Å². The lowest BCUT2D eigenvalue weighted by molar-refractivity contribution is 0.0527. The largest absolute Gasteiger partial charge is 0.462 e. The molecule has 26 heavy (non-hydrogen) atoms. The van der Waals surface area contributed by atoms with E-state index in [1.54, 1.807) is 43.5 Å². The van der Waals surface area contributed by atoms with E-state index < -0.39 is 5.97 Å². The Balaban J connectivity index is 2.10. The summed E-state index contributed by atoms with van der Waals surface area (Å²) in [6.07, 6.45) is 3.15. The van der Waals surface area contributed by atoms with Crippen LogP contribution < -0.4 is 10.6 Å². The van der Waals surface area contributed by atoms with Crippen LogP contribution in [0.25, 0.3) is 0 Å². The zero-order chi connectivity index (χ0) is 18.9. The highest BCUT2D eigenvalue weighted by Crippen LogP contribution is 2.18. The molecule has 0 aliphatic rings. The Labute approximate surface area is 153 Å². The zero-order valence-corrected chi connectivity index (χ0v) is 15.3. The summed E-state index contributed by atoms with van der Waals surface area (Å²) in [6.45, 7) is 3.61. The Bertz CT molecular complexity index is 762. The van der Waals surface area contributed by atoms with Gasteiger partial charge in [-0.15, -0.1) is 0 Å². The van der Waals surface area contributed by atoms with Crippen molar-refractivity contribution in [1.29, 1.82) is 0 Å². The molecule has 1 aromatic heterocycles. The second kappa shape index (κ2) is 9.53. The molecule has 0 saturated heterocycles. The second-order valence-electron chi connectivity index (χ2n) is 5.91. The number of hydrogen-bond acceptors (Lipinski definition) is 6. The van der Waals surface area contributed by atoms with Crippen LogP contribution in [0.2, 0.25) is 0 Å². The van der Waals surface area contributed by atoms with Gasteiger partial charge in [-0.2, -0.15) is 0 Å². The van der Waals surface area contributed by atoms with Gasteiger partial charge in [0, 0.05) is 25.5 Å². The van der Waals surface area contributed by atoms with Gasteiger partial charge in [-0.3, -0.25) is 9.78 Å². The van der Waals surface area contributed by atoms with Crippen molar-refractivity contribution < 1.29 is 14.3 Å². The van der Waals surface area contributed by atoms with E-state index in [-0.39, 0.29) is 12.5 Å². The number of anilines is 2. The van der Waals surface area contributed by atoms with E-state index in [1.807, 2.05) is 14.1 Å². The standard InChI is InChI=1S/C19H24N4O3/c1-4-26-19(25)16-7-5-6-8-17(16)22-18(24)14-11-15(13-20-12-14)21-9-10-23(2)3/h5-8,11-13,21H,4,9-10H2,1-3H3,(H,22,24). The van der Waals surface area contributed by atoms with Crippen molar-refractivity contribution in [1.82, 2.24) is 9.88 Å². The van der Waals surface area contributed by atoms with Crippen molar-refractivity contribution in [2.75, 3.05) is 44.4 Å². The van der Waals surface area contributed by atoms with Crippen LogP contribution in [0, 0.1) is 0 Å². The number of benzene rings is 1. The molecule has 0 spiro atoms. The van der Waals surface area contributed by atoms with Crippen LogP contribution in [0.15, 0.2) is 42.7 Å². The Kier molecular flexibility index (Phi) is 7.11. The van der Waals surface area contributed by atoms with Crippen LogP contribution in [0.5, 0.6) is 0 Å². The van der Waals surface area contributed by atoms with Crippen LogP contribution in [0.1, 0.15) is 27.6 Å². The molecule has 1 aromatic carbocycles. The molecule has 0 fully saturated rings. The molecular weight excluding hydrogens is 332 g/mol. The minimum absolute atomic E-state index is 0.270. The van der Waals surface area contributed by atoms with Crippen LogP contribution in [0.3, 0.4) is 0 Å². The number of nitrogens with one attached hydrogen (secondary N) is 2. The first kappa shape index (κ1) is 19.4. The number of amides is 1. The summed E-state index contributed by atoms with van der Waals surface area (Å²) in [5, 5.41) is 5.98. The molecule has 1 heterocycles. The topological polar surface area (TPSA) is 83.6 Å². The van der Waals surface area contributed by atoms with Crippen molar-refractivity contribution >= 4 is 23.3 Å².